The molecule has 33 heavy (non-hydrogen) atoms. The number of nitrogens with zero attached hydrogens (tertiary/aromatic N) is 4. The van der Waals surface area contributed by atoms with Crippen molar-refractivity contribution in [3.05, 3.63) is 11.6 Å². The number of anilines is 1. The molecule has 18 heteroatoms. The van der Waals surface area contributed by atoms with Crippen molar-refractivity contribution >= 4 is 50.8 Å². The van der Waals surface area contributed by atoms with Gasteiger partial charge in [0.15, 0.2) is 17.7 Å². The highest BCUT2D eigenvalue weighted by Crippen LogP contribution is 2.32. The fraction of sp³-hybridized carbons (Fsp3) is 0.533. The Morgan fingerprint density at radius 1 is 1.33 bits per heavy atom. The Kier molecular flexibility index (Phi) is 7.32. The molecule has 0 bridgehead atoms. The second kappa shape index (κ2) is 9.67. The number of nitrogen functional groups attached to an aromatic ring is 1. The van der Waals surface area contributed by atoms with Crippen molar-refractivity contribution < 1.29 is 42.2 Å². The smallest absolute Gasteiger partial charge is 0.362 e. The van der Waals surface area contributed by atoms with Crippen LogP contribution in [0, 0.1) is 0 Å². The van der Waals surface area contributed by atoms with Crippen molar-refractivity contribution in [2.24, 2.45) is 5.73 Å². The second-order valence-electron chi connectivity index (χ2n) is 6.99. The van der Waals surface area contributed by atoms with Crippen LogP contribution in [0.3, 0.4) is 0 Å². The lowest BCUT2D eigenvalue weighted by atomic mass is 10.1. The Morgan fingerprint density at radius 3 is 2.70 bits per heavy atom. The zero-order valence-corrected chi connectivity index (χ0v) is 18.2. The zero-order valence-electron chi connectivity index (χ0n) is 16.6. The first-order chi connectivity index (χ1) is 15.4. The quantitative estimate of drug-likeness (QED) is 0.187. The Hall–Kier alpha value is -2.67. The molecule has 0 aromatic carbocycles. The number of carbonyl (C=O) groups is 2. The summed E-state index contributed by atoms with van der Waals surface area (Å²) >= 11 is 5.80. The normalized spacial score (nSPS) is 24.1. The number of imidazole rings is 1. The van der Waals surface area contributed by atoms with Crippen LogP contribution in [0.5, 0.6) is 0 Å². The van der Waals surface area contributed by atoms with E-state index in [9.17, 15) is 28.2 Å². The fourth-order valence-corrected chi connectivity index (χ4v) is 3.93. The third kappa shape index (κ3) is 5.64. The van der Waals surface area contributed by atoms with Gasteiger partial charge in [0.2, 0.25) is 5.28 Å². The van der Waals surface area contributed by atoms with Gasteiger partial charge in [-0.05, 0) is 18.0 Å². The van der Waals surface area contributed by atoms with Crippen LogP contribution in [0.4, 0.5) is 5.82 Å². The standard InChI is InChI=1S/C15H20ClN7O9S/c16-15-20-11(18)8-12(21-15)23(4-19-8)14-10(27)9(26)6(32-14)3-31-33(29,30)22-13(28)5(17)1-2-7(24)25/h4-6,9-10,14,26-27H,1-3,17H2,(H,22,28)(H,24,25)(H2,18,20,21)/t5-,6+,9+,10+,14+/m0/s1. The van der Waals surface area contributed by atoms with Crippen molar-refractivity contribution in [1.29, 1.82) is 0 Å². The summed E-state index contributed by atoms with van der Waals surface area (Å²) < 4.78 is 36.9. The number of amides is 1. The van der Waals surface area contributed by atoms with Crippen LogP contribution in [0.25, 0.3) is 11.2 Å². The van der Waals surface area contributed by atoms with Crippen LogP contribution < -0.4 is 16.2 Å². The minimum absolute atomic E-state index is 0.0277. The van der Waals surface area contributed by atoms with Crippen molar-refractivity contribution in [2.45, 2.75) is 43.4 Å². The van der Waals surface area contributed by atoms with Crippen LogP contribution in [0.1, 0.15) is 19.1 Å². The number of aliphatic hydroxyl groups excluding tert-OH is 2. The second-order valence-corrected chi connectivity index (χ2v) is 8.68. The Labute approximate surface area is 190 Å². The van der Waals surface area contributed by atoms with Gasteiger partial charge in [-0.15, -0.1) is 0 Å². The van der Waals surface area contributed by atoms with Gasteiger partial charge in [-0.1, -0.05) is 0 Å². The molecule has 0 aliphatic carbocycles. The van der Waals surface area contributed by atoms with Crippen LogP contribution in [0.2, 0.25) is 5.28 Å². The molecule has 1 aliphatic heterocycles. The van der Waals surface area contributed by atoms with Crippen molar-refractivity contribution in [3.8, 4) is 0 Å². The van der Waals surface area contributed by atoms with E-state index in [0.717, 1.165) is 0 Å². The molecule has 3 heterocycles. The summed E-state index contributed by atoms with van der Waals surface area (Å²) in [7, 11) is -4.68. The molecule has 16 nitrogen and oxygen atoms in total. The number of carbonyl (C=O) groups excluding carboxylic acids is 1. The molecule has 5 atom stereocenters. The molecule has 1 amide bonds. The first-order valence-electron chi connectivity index (χ1n) is 9.25. The Balaban J connectivity index is 1.65. The van der Waals surface area contributed by atoms with Crippen molar-refractivity contribution in [1.82, 2.24) is 24.2 Å². The summed E-state index contributed by atoms with van der Waals surface area (Å²) in [6, 6.07) is -1.41. The van der Waals surface area contributed by atoms with Gasteiger partial charge in [0.25, 0.3) is 5.91 Å². The van der Waals surface area contributed by atoms with E-state index in [4.69, 9.17) is 32.9 Å². The average molecular weight is 510 g/mol. The maximum absolute atomic E-state index is 12.0. The number of aliphatic hydroxyl groups is 2. The van der Waals surface area contributed by atoms with Gasteiger partial charge in [-0.2, -0.15) is 18.4 Å². The number of rotatable bonds is 9. The molecule has 182 valence electrons. The number of carboxylic acids is 1. The summed E-state index contributed by atoms with van der Waals surface area (Å²) in [5.74, 6) is -2.42. The lowest BCUT2D eigenvalue weighted by molar-refractivity contribution is -0.137. The van der Waals surface area contributed by atoms with Crippen molar-refractivity contribution in [2.75, 3.05) is 12.3 Å². The molecule has 0 spiro atoms. The number of fused-ring (bicyclic) bond motifs is 1. The number of carboxylic acid groups (broad SMARTS) is 1. The molecule has 1 aliphatic rings. The molecule has 1 saturated heterocycles. The predicted octanol–water partition coefficient (Wildman–Crippen LogP) is -2.75. The molecular weight excluding hydrogens is 490 g/mol. The van der Waals surface area contributed by atoms with Gasteiger partial charge < -0.3 is 31.5 Å². The number of nitrogens with two attached hydrogens (primary N) is 2. The summed E-state index contributed by atoms with van der Waals surface area (Å²) in [4.78, 5) is 34.1. The summed E-state index contributed by atoms with van der Waals surface area (Å²) in [6.45, 7) is -0.786. The van der Waals surface area contributed by atoms with E-state index in [-0.39, 0.29) is 28.7 Å². The molecule has 8 N–H and O–H groups in total. The summed E-state index contributed by atoms with van der Waals surface area (Å²) in [5.41, 5.74) is 11.4. The van der Waals surface area contributed by atoms with Crippen LogP contribution in [0.15, 0.2) is 6.33 Å². The monoisotopic (exact) mass is 509 g/mol. The molecule has 0 unspecified atom stereocenters. The van der Waals surface area contributed by atoms with Gasteiger partial charge in [0, 0.05) is 6.42 Å². The Morgan fingerprint density at radius 2 is 2.03 bits per heavy atom. The molecule has 2 aromatic heterocycles. The third-order valence-electron chi connectivity index (χ3n) is 4.65. The van der Waals surface area contributed by atoms with E-state index in [1.807, 2.05) is 0 Å². The molecule has 2 aromatic rings. The number of aliphatic carboxylic acids is 1. The SMILES string of the molecule is Nc1nc(Cl)nc2c1ncn2[C@@H]1O[C@H](COS(=O)(=O)NC(=O)[C@@H](N)CCC(=O)O)[C@@H](O)[C@H]1O. The maximum Gasteiger partial charge on any atom is 0.362 e. The van der Waals surface area contributed by atoms with E-state index in [2.05, 4.69) is 19.1 Å². The summed E-state index contributed by atoms with van der Waals surface area (Å²) in [6.07, 6.45) is -5.27. The molecule has 0 radical (unpaired) electrons. The number of nitrogens with one attached hydrogen (secondary N) is 1. The molecule has 1 fully saturated rings. The Bertz CT molecular complexity index is 1160. The predicted molar refractivity (Wildman–Crippen MR) is 109 cm³/mol. The van der Waals surface area contributed by atoms with Gasteiger partial charge in [0.05, 0.1) is 19.0 Å². The molecular formula is C15H20ClN7O9S. The van der Waals surface area contributed by atoms with E-state index in [1.54, 1.807) is 0 Å². The minimum atomic E-state index is -4.68. The third-order valence-corrected chi connectivity index (χ3v) is 5.72. The van der Waals surface area contributed by atoms with Crippen molar-refractivity contribution in [3.63, 3.8) is 0 Å². The van der Waals surface area contributed by atoms with E-state index < -0.39 is 65.8 Å². The van der Waals surface area contributed by atoms with Crippen LogP contribution in [-0.2, 0) is 28.8 Å². The topological polar surface area (TPSA) is 255 Å². The first-order valence-corrected chi connectivity index (χ1v) is 11.0. The lowest BCUT2D eigenvalue weighted by Crippen LogP contribution is -2.45. The highest BCUT2D eigenvalue weighted by molar-refractivity contribution is 7.85. The molecule has 3 rings (SSSR count). The minimum Gasteiger partial charge on any atom is -0.481 e. The van der Waals surface area contributed by atoms with Gasteiger partial charge in [-0.3, -0.25) is 18.3 Å². The zero-order chi connectivity index (χ0) is 24.5. The molecule has 0 saturated carbocycles. The lowest BCUT2D eigenvalue weighted by Gasteiger charge is -2.16. The van der Waals surface area contributed by atoms with Gasteiger partial charge in [0.1, 0.15) is 23.8 Å². The number of hydrogen-bond donors (Lipinski definition) is 6. The average Bonchev–Trinajstić information content (AvgIpc) is 3.26. The number of ether oxygens (including phenoxy) is 1. The van der Waals surface area contributed by atoms with E-state index in [0.29, 0.717) is 0 Å². The van der Waals surface area contributed by atoms with Crippen LogP contribution in [-0.4, -0.2) is 86.1 Å². The largest absolute Gasteiger partial charge is 0.481 e. The number of aromatic nitrogens is 4. The number of halogens is 1. The van der Waals surface area contributed by atoms with E-state index >= 15 is 0 Å². The van der Waals surface area contributed by atoms with E-state index in [1.165, 1.54) is 15.6 Å². The van der Waals surface area contributed by atoms with Crippen LogP contribution >= 0.6 is 11.6 Å². The fourth-order valence-electron chi connectivity index (χ4n) is 2.99. The maximum atomic E-state index is 12.0. The summed E-state index contributed by atoms with van der Waals surface area (Å²) in [5, 5.41) is 29.0. The number of hydrogen-bond acceptors (Lipinski definition) is 13. The van der Waals surface area contributed by atoms with Gasteiger partial charge in [-0.25, -0.2) is 9.71 Å². The highest BCUT2D eigenvalue weighted by atomic mass is 35.5. The van der Waals surface area contributed by atoms with Gasteiger partial charge >= 0.3 is 16.3 Å². The first kappa shape index (κ1) is 25.0. The highest BCUT2D eigenvalue weighted by Gasteiger charge is 2.45.